The van der Waals surface area contributed by atoms with Crippen molar-refractivity contribution in [3.63, 3.8) is 0 Å². The lowest BCUT2D eigenvalue weighted by atomic mass is 9.48. The molecule has 122 valence electrons. The first-order valence-electron chi connectivity index (χ1n) is 9.04. The zero-order chi connectivity index (χ0) is 16.0. The summed E-state index contributed by atoms with van der Waals surface area (Å²) in [5, 5.41) is 15.6. The molecule has 0 spiro atoms. The van der Waals surface area contributed by atoms with Gasteiger partial charge in [-0.05, 0) is 51.0 Å². The van der Waals surface area contributed by atoms with Gasteiger partial charge in [0.2, 0.25) is 0 Å². The Hall–Kier alpha value is -1.19. The smallest absolute Gasteiger partial charge is 0.132 e. The van der Waals surface area contributed by atoms with Crippen LogP contribution >= 0.6 is 0 Å². The molecule has 2 saturated carbocycles. The van der Waals surface area contributed by atoms with Gasteiger partial charge < -0.3 is 10.4 Å². The summed E-state index contributed by atoms with van der Waals surface area (Å²) in [4.78, 5) is 4.96. The third kappa shape index (κ3) is 1.60. The fraction of sp³-hybridized carbons (Fsp3) is 0.650. The number of para-hydroxylation sites is 1. The number of hydrogen-bond acceptors (Lipinski definition) is 3. The second-order valence-electron chi connectivity index (χ2n) is 9.01. The summed E-state index contributed by atoms with van der Waals surface area (Å²) in [5.74, 6) is 1.34. The van der Waals surface area contributed by atoms with Gasteiger partial charge in [-0.2, -0.15) is 0 Å². The van der Waals surface area contributed by atoms with Crippen LogP contribution in [0.5, 0.6) is 0 Å². The minimum atomic E-state index is -0.875. The lowest BCUT2D eigenvalue weighted by Crippen LogP contribution is -2.70. The van der Waals surface area contributed by atoms with Crippen LogP contribution in [0.2, 0.25) is 0 Å². The maximum absolute atomic E-state index is 11.7. The third-order valence-electron chi connectivity index (χ3n) is 7.46. The van der Waals surface area contributed by atoms with Crippen molar-refractivity contribution >= 4 is 11.4 Å². The molecular formula is C20H26N2O. The van der Waals surface area contributed by atoms with Gasteiger partial charge in [0.1, 0.15) is 5.60 Å². The summed E-state index contributed by atoms with van der Waals surface area (Å²) < 4.78 is 0. The molecule has 0 unspecified atom stereocenters. The van der Waals surface area contributed by atoms with Gasteiger partial charge in [-0.15, -0.1) is 0 Å². The molecule has 5 atom stereocenters. The fourth-order valence-corrected chi connectivity index (χ4v) is 6.18. The van der Waals surface area contributed by atoms with E-state index < -0.39 is 5.60 Å². The van der Waals surface area contributed by atoms with Crippen LogP contribution in [-0.2, 0) is 5.60 Å². The highest BCUT2D eigenvalue weighted by Gasteiger charge is 2.63. The minimum absolute atomic E-state index is 0.0245. The van der Waals surface area contributed by atoms with Gasteiger partial charge in [0.25, 0.3) is 0 Å². The number of nitrogens with zero attached hydrogens (tertiary/aromatic N) is 1. The Balaban J connectivity index is 1.68. The molecule has 2 aliphatic heterocycles. The molecule has 2 N–H and O–H groups in total. The minimum Gasteiger partial charge on any atom is -0.379 e. The predicted octanol–water partition coefficient (Wildman–Crippen LogP) is 3.54. The average Bonchev–Trinajstić information content (AvgIpc) is 2.80. The van der Waals surface area contributed by atoms with Crippen molar-refractivity contribution in [3.05, 3.63) is 29.8 Å². The molecule has 23 heavy (non-hydrogen) atoms. The monoisotopic (exact) mass is 310 g/mol. The molecule has 2 bridgehead atoms. The van der Waals surface area contributed by atoms with Crippen molar-refractivity contribution in [2.45, 2.75) is 63.6 Å². The van der Waals surface area contributed by atoms with Crippen LogP contribution in [0.25, 0.3) is 0 Å². The van der Waals surface area contributed by atoms with E-state index in [1.807, 2.05) is 12.1 Å². The Labute approximate surface area is 138 Å². The maximum atomic E-state index is 11.7. The average molecular weight is 310 g/mol. The first kappa shape index (κ1) is 14.2. The van der Waals surface area contributed by atoms with Crippen molar-refractivity contribution < 1.29 is 5.11 Å². The van der Waals surface area contributed by atoms with E-state index in [0.29, 0.717) is 12.0 Å². The van der Waals surface area contributed by atoms with Crippen LogP contribution in [0.15, 0.2) is 29.3 Å². The van der Waals surface area contributed by atoms with E-state index in [0.717, 1.165) is 35.7 Å². The summed E-state index contributed by atoms with van der Waals surface area (Å²) in [5.41, 5.74) is 2.36. The summed E-state index contributed by atoms with van der Waals surface area (Å²) in [6.07, 6.45) is 4.41. The fourth-order valence-electron chi connectivity index (χ4n) is 6.18. The zero-order valence-corrected chi connectivity index (χ0v) is 14.3. The van der Waals surface area contributed by atoms with E-state index in [2.05, 4.69) is 38.2 Å². The van der Waals surface area contributed by atoms with Gasteiger partial charge in [0.15, 0.2) is 0 Å². The van der Waals surface area contributed by atoms with Crippen LogP contribution in [0, 0.1) is 17.3 Å². The van der Waals surface area contributed by atoms with E-state index in [1.165, 1.54) is 12.8 Å². The summed E-state index contributed by atoms with van der Waals surface area (Å²) in [6.45, 7) is 7.04. The van der Waals surface area contributed by atoms with E-state index in [-0.39, 0.29) is 11.0 Å². The van der Waals surface area contributed by atoms with Crippen molar-refractivity contribution in [1.29, 1.82) is 0 Å². The van der Waals surface area contributed by atoms with Crippen LogP contribution in [0.1, 0.15) is 52.0 Å². The quantitative estimate of drug-likeness (QED) is 0.770. The molecule has 1 aromatic carbocycles. The molecule has 2 heterocycles. The van der Waals surface area contributed by atoms with Crippen LogP contribution in [0.4, 0.5) is 5.69 Å². The van der Waals surface area contributed by atoms with Crippen LogP contribution in [-0.4, -0.2) is 22.4 Å². The first-order valence-corrected chi connectivity index (χ1v) is 9.04. The molecule has 5 rings (SSSR count). The number of hydrogen-bond donors (Lipinski definition) is 2. The number of fused-ring (bicyclic) bond motifs is 5. The second-order valence-corrected chi connectivity index (χ2v) is 9.01. The standard InChI is InChI=1S/C20H26N2O/c1-18(2)12-8-9-19(3)14(10-12)16(22-18)11-20(23)13-6-4-5-7-15(13)21-17(19)20/h4-7,12,14,16,22-23H,8-11H2,1-3H3/t12-,14+,16-,19+,20+/m0/s1. The molecule has 3 nitrogen and oxygen atoms in total. The lowest BCUT2D eigenvalue weighted by molar-refractivity contribution is -0.0566. The molecular weight excluding hydrogens is 284 g/mol. The number of nitrogens with one attached hydrogen (secondary N) is 1. The Morgan fingerprint density at radius 2 is 2.00 bits per heavy atom. The van der Waals surface area contributed by atoms with Crippen molar-refractivity contribution in [3.8, 4) is 0 Å². The topological polar surface area (TPSA) is 44.6 Å². The summed E-state index contributed by atoms with van der Waals surface area (Å²) in [6, 6.07) is 8.54. The Morgan fingerprint density at radius 1 is 1.22 bits per heavy atom. The number of benzene rings is 1. The van der Waals surface area contributed by atoms with Crippen molar-refractivity contribution in [2.24, 2.45) is 22.2 Å². The van der Waals surface area contributed by atoms with Crippen LogP contribution in [0.3, 0.4) is 0 Å². The molecule has 0 radical (unpaired) electrons. The third-order valence-corrected chi connectivity index (χ3v) is 7.46. The predicted molar refractivity (Wildman–Crippen MR) is 92.0 cm³/mol. The highest BCUT2D eigenvalue weighted by atomic mass is 16.3. The molecule has 1 saturated heterocycles. The summed E-state index contributed by atoms with van der Waals surface area (Å²) >= 11 is 0. The van der Waals surface area contributed by atoms with E-state index in [1.54, 1.807) is 0 Å². The molecule has 4 aliphatic rings. The van der Waals surface area contributed by atoms with E-state index >= 15 is 0 Å². The Morgan fingerprint density at radius 3 is 2.83 bits per heavy atom. The van der Waals surface area contributed by atoms with Gasteiger partial charge >= 0.3 is 0 Å². The maximum Gasteiger partial charge on any atom is 0.132 e. The SMILES string of the molecule is CC1(C)N[C@H]2C[C@]3(O)C(=Nc4ccccc43)[C@]3(C)CC[C@H]1C[C@H]23. The Kier molecular flexibility index (Phi) is 2.51. The molecule has 1 aromatic rings. The largest absolute Gasteiger partial charge is 0.379 e. The highest BCUT2D eigenvalue weighted by Crippen LogP contribution is 2.61. The summed E-state index contributed by atoms with van der Waals surface area (Å²) in [7, 11) is 0. The van der Waals surface area contributed by atoms with E-state index in [4.69, 9.17) is 4.99 Å². The highest BCUT2D eigenvalue weighted by molar-refractivity contribution is 6.05. The van der Waals surface area contributed by atoms with Gasteiger partial charge in [-0.3, -0.25) is 4.99 Å². The number of piperidine rings is 1. The molecule has 0 aromatic heterocycles. The molecule has 2 aliphatic carbocycles. The number of aliphatic imine (C=N–C) groups is 1. The normalized spacial score (nSPS) is 45.9. The van der Waals surface area contributed by atoms with Crippen molar-refractivity contribution in [2.75, 3.05) is 0 Å². The van der Waals surface area contributed by atoms with Crippen molar-refractivity contribution in [1.82, 2.24) is 5.32 Å². The number of rotatable bonds is 0. The van der Waals surface area contributed by atoms with E-state index in [9.17, 15) is 5.11 Å². The molecule has 0 amide bonds. The first-order chi connectivity index (χ1) is 10.8. The van der Waals surface area contributed by atoms with Gasteiger partial charge in [0, 0.05) is 29.0 Å². The van der Waals surface area contributed by atoms with Gasteiger partial charge in [-0.25, -0.2) is 0 Å². The Bertz CT molecular complexity index is 724. The lowest BCUT2D eigenvalue weighted by Gasteiger charge is -2.62. The van der Waals surface area contributed by atoms with Crippen LogP contribution < -0.4 is 5.32 Å². The second kappa shape index (κ2) is 4.07. The molecule has 3 heteroatoms. The number of aliphatic hydroxyl groups is 1. The van der Waals surface area contributed by atoms with Gasteiger partial charge in [-0.1, -0.05) is 25.1 Å². The molecule has 3 fully saturated rings. The zero-order valence-electron chi connectivity index (χ0n) is 14.3. The van der Waals surface area contributed by atoms with Gasteiger partial charge in [0.05, 0.1) is 11.4 Å².